The van der Waals surface area contributed by atoms with E-state index in [9.17, 15) is 15.0 Å². The van der Waals surface area contributed by atoms with Gasteiger partial charge in [-0.25, -0.2) is 0 Å². The van der Waals surface area contributed by atoms with Crippen molar-refractivity contribution >= 4 is 5.97 Å². The molecule has 0 aromatic carbocycles. The Balaban J connectivity index is 1.88. The molecule has 0 saturated heterocycles. The molecule has 0 aliphatic heterocycles. The Labute approximate surface area is 157 Å². The van der Waals surface area contributed by atoms with Gasteiger partial charge in [-0.1, -0.05) is 56.6 Å². The molecule has 2 fully saturated rings. The molecule has 0 amide bonds. The fourth-order valence-electron chi connectivity index (χ4n) is 4.39. The quantitative estimate of drug-likeness (QED) is 0.454. The van der Waals surface area contributed by atoms with Gasteiger partial charge < -0.3 is 15.3 Å². The van der Waals surface area contributed by atoms with Gasteiger partial charge in [-0.2, -0.15) is 0 Å². The Morgan fingerprint density at radius 3 is 2.85 bits per heavy atom. The standard InChI is InChI=1S/C22H34O4/c1-3-4-6-15(2)13-17(23)9-10-19-20-14-16(7-5-8-22(25)26)18(20)11-12-21(19)24/h7,15,17-21,23-24H,3-6,8,11-14H2,1-2H3,(H,25,26)/b16-7-/t15-,17?,18+,19+,20-,21+/m1/s1. The SMILES string of the molecule is CCCC[C@@H](C)CC(O)C#C[C@H]1[C@@H]2C/C(=C/CCC(=O)O)[C@@H]2CC[C@@H]1O. The van der Waals surface area contributed by atoms with Crippen LogP contribution in [0.2, 0.25) is 0 Å². The van der Waals surface area contributed by atoms with Gasteiger partial charge in [0, 0.05) is 6.42 Å². The van der Waals surface area contributed by atoms with Crippen LogP contribution in [0, 0.1) is 35.5 Å². The molecular weight excluding hydrogens is 328 g/mol. The average Bonchev–Trinajstić information content (AvgIpc) is 2.56. The lowest BCUT2D eigenvalue weighted by atomic mass is 9.57. The molecular formula is C22H34O4. The maximum Gasteiger partial charge on any atom is 0.303 e. The Bertz CT molecular complexity index is 556. The van der Waals surface area contributed by atoms with Gasteiger partial charge in [-0.05, 0) is 49.9 Å². The molecule has 26 heavy (non-hydrogen) atoms. The molecule has 4 nitrogen and oxygen atoms in total. The minimum absolute atomic E-state index is 0.0639. The van der Waals surface area contributed by atoms with Gasteiger partial charge in [-0.3, -0.25) is 4.79 Å². The van der Waals surface area contributed by atoms with E-state index in [4.69, 9.17) is 5.11 Å². The normalized spacial score (nSPS) is 31.3. The topological polar surface area (TPSA) is 77.8 Å². The first-order valence-corrected chi connectivity index (χ1v) is 10.2. The second-order valence-corrected chi connectivity index (χ2v) is 8.14. The number of aliphatic hydroxyl groups is 2. The third-order valence-electron chi connectivity index (χ3n) is 5.97. The summed E-state index contributed by atoms with van der Waals surface area (Å²) in [6.45, 7) is 4.33. The minimum atomic E-state index is -0.761. The molecule has 3 N–H and O–H groups in total. The van der Waals surface area contributed by atoms with E-state index >= 15 is 0 Å². The van der Waals surface area contributed by atoms with Crippen LogP contribution in [0.25, 0.3) is 0 Å². The van der Waals surface area contributed by atoms with Crippen molar-refractivity contribution in [3.63, 3.8) is 0 Å². The highest BCUT2D eigenvalue weighted by atomic mass is 16.4. The summed E-state index contributed by atoms with van der Waals surface area (Å²) >= 11 is 0. The lowest BCUT2D eigenvalue weighted by molar-refractivity contribution is -0.136. The van der Waals surface area contributed by atoms with Crippen molar-refractivity contribution < 1.29 is 20.1 Å². The van der Waals surface area contributed by atoms with E-state index in [1.54, 1.807) is 0 Å². The summed E-state index contributed by atoms with van der Waals surface area (Å²) < 4.78 is 0. The summed E-state index contributed by atoms with van der Waals surface area (Å²) in [4.78, 5) is 10.6. The molecule has 0 radical (unpaired) electrons. The summed E-state index contributed by atoms with van der Waals surface area (Å²) in [6, 6.07) is 0. The minimum Gasteiger partial charge on any atom is -0.481 e. The number of allylic oxidation sites excluding steroid dienone is 2. The second-order valence-electron chi connectivity index (χ2n) is 8.14. The Morgan fingerprint density at radius 2 is 2.15 bits per heavy atom. The molecule has 1 unspecified atom stereocenters. The monoisotopic (exact) mass is 362 g/mol. The number of carbonyl (C=O) groups is 1. The van der Waals surface area contributed by atoms with E-state index < -0.39 is 18.2 Å². The summed E-state index contributed by atoms with van der Waals surface area (Å²) in [5.74, 6) is 6.62. The van der Waals surface area contributed by atoms with E-state index in [0.29, 0.717) is 30.6 Å². The van der Waals surface area contributed by atoms with E-state index in [1.165, 1.54) is 18.4 Å². The molecule has 0 aromatic heterocycles. The zero-order valence-corrected chi connectivity index (χ0v) is 16.2. The number of hydrogen-bond donors (Lipinski definition) is 3. The predicted octanol–water partition coefficient (Wildman–Crippen LogP) is 3.77. The number of carboxylic acid groups (broad SMARTS) is 1. The molecule has 0 bridgehead atoms. The first-order chi connectivity index (χ1) is 12.4. The van der Waals surface area contributed by atoms with Crippen molar-refractivity contribution in [2.24, 2.45) is 23.7 Å². The van der Waals surface area contributed by atoms with Crippen LogP contribution < -0.4 is 0 Å². The predicted molar refractivity (Wildman–Crippen MR) is 102 cm³/mol. The van der Waals surface area contributed by atoms with Gasteiger partial charge in [0.05, 0.1) is 12.0 Å². The van der Waals surface area contributed by atoms with Crippen molar-refractivity contribution in [1.82, 2.24) is 0 Å². The highest BCUT2D eigenvalue weighted by molar-refractivity contribution is 5.66. The van der Waals surface area contributed by atoms with Crippen molar-refractivity contribution in [3.05, 3.63) is 11.6 Å². The maximum absolute atomic E-state index is 10.6. The van der Waals surface area contributed by atoms with E-state index in [-0.39, 0.29) is 12.3 Å². The first kappa shape index (κ1) is 21.0. The molecule has 2 aliphatic carbocycles. The average molecular weight is 363 g/mol. The summed E-state index contributed by atoms with van der Waals surface area (Å²) in [5, 5.41) is 29.3. The van der Waals surface area contributed by atoms with Crippen molar-refractivity contribution in [2.75, 3.05) is 0 Å². The van der Waals surface area contributed by atoms with Crippen LogP contribution in [0.3, 0.4) is 0 Å². The molecule has 2 saturated carbocycles. The van der Waals surface area contributed by atoms with Crippen LogP contribution in [-0.2, 0) is 4.79 Å². The van der Waals surface area contributed by atoms with Crippen LogP contribution in [0.4, 0.5) is 0 Å². The smallest absolute Gasteiger partial charge is 0.303 e. The molecule has 4 heteroatoms. The zero-order chi connectivity index (χ0) is 19.1. The van der Waals surface area contributed by atoms with Gasteiger partial charge in [0.2, 0.25) is 0 Å². The fourth-order valence-corrected chi connectivity index (χ4v) is 4.39. The number of aliphatic carboxylic acids is 1. The molecule has 146 valence electrons. The third kappa shape index (κ3) is 5.86. The molecule has 0 spiro atoms. The number of fused-ring (bicyclic) bond motifs is 1. The van der Waals surface area contributed by atoms with Crippen molar-refractivity contribution in [2.45, 2.75) is 83.8 Å². The number of aliphatic hydroxyl groups excluding tert-OH is 2. The van der Waals surface area contributed by atoms with E-state index in [2.05, 4.69) is 31.8 Å². The molecule has 0 heterocycles. The van der Waals surface area contributed by atoms with Gasteiger partial charge in [-0.15, -0.1) is 0 Å². The first-order valence-electron chi connectivity index (χ1n) is 10.2. The summed E-state index contributed by atoms with van der Waals surface area (Å²) in [6.07, 6.45) is 8.59. The Hall–Kier alpha value is -1.31. The van der Waals surface area contributed by atoms with Crippen molar-refractivity contribution in [3.8, 4) is 11.8 Å². The van der Waals surface area contributed by atoms with Crippen LogP contribution in [-0.4, -0.2) is 33.5 Å². The van der Waals surface area contributed by atoms with Crippen LogP contribution >= 0.6 is 0 Å². The van der Waals surface area contributed by atoms with E-state index in [0.717, 1.165) is 25.7 Å². The Kier molecular flexibility index (Phi) is 8.18. The van der Waals surface area contributed by atoms with Gasteiger partial charge in [0.1, 0.15) is 6.10 Å². The number of unbranched alkanes of at least 4 members (excludes halogenated alkanes) is 1. The Morgan fingerprint density at radius 1 is 1.38 bits per heavy atom. The van der Waals surface area contributed by atoms with Gasteiger partial charge in [0.25, 0.3) is 0 Å². The van der Waals surface area contributed by atoms with Crippen LogP contribution in [0.5, 0.6) is 0 Å². The van der Waals surface area contributed by atoms with Gasteiger partial charge >= 0.3 is 5.97 Å². The molecule has 0 aromatic rings. The molecule has 2 rings (SSSR count). The summed E-state index contributed by atoms with van der Waals surface area (Å²) in [5.41, 5.74) is 1.34. The molecule has 2 aliphatic rings. The van der Waals surface area contributed by atoms with Crippen LogP contribution in [0.1, 0.15) is 71.6 Å². The molecule has 6 atom stereocenters. The van der Waals surface area contributed by atoms with Gasteiger partial charge in [0.15, 0.2) is 0 Å². The fraction of sp³-hybridized carbons (Fsp3) is 0.773. The lowest BCUT2D eigenvalue weighted by Crippen LogP contribution is -2.44. The largest absolute Gasteiger partial charge is 0.481 e. The highest BCUT2D eigenvalue weighted by Gasteiger charge is 2.46. The third-order valence-corrected chi connectivity index (χ3v) is 5.97. The number of carboxylic acids is 1. The lowest BCUT2D eigenvalue weighted by Gasteiger charge is -2.48. The van der Waals surface area contributed by atoms with Crippen molar-refractivity contribution in [1.29, 1.82) is 0 Å². The zero-order valence-electron chi connectivity index (χ0n) is 16.2. The number of rotatable bonds is 8. The highest BCUT2D eigenvalue weighted by Crippen LogP contribution is 2.51. The number of hydrogen-bond acceptors (Lipinski definition) is 3. The van der Waals surface area contributed by atoms with Crippen LogP contribution in [0.15, 0.2) is 11.6 Å². The summed E-state index contributed by atoms with van der Waals surface area (Å²) in [7, 11) is 0. The van der Waals surface area contributed by atoms with E-state index in [1.807, 2.05) is 0 Å². The maximum atomic E-state index is 10.6. The second kappa shape index (κ2) is 10.1.